The zero-order valence-corrected chi connectivity index (χ0v) is 12.6. The van der Waals surface area contributed by atoms with Gasteiger partial charge >= 0.3 is 15.6 Å². The Morgan fingerprint density at radius 3 is 2.33 bits per heavy atom. The fraction of sp³-hybridized carbons (Fsp3) is 0.538. The molecule has 1 saturated carbocycles. The van der Waals surface area contributed by atoms with Crippen LogP contribution in [0.1, 0.15) is 43.6 Å². The summed E-state index contributed by atoms with van der Waals surface area (Å²) in [7, 11) is -5.67. The van der Waals surface area contributed by atoms with Gasteiger partial charge in [0.25, 0.3) is 0 Å². The Morgan fingerprint density at radius 2 is 1.76 bits per heavy atom. The number of hydrogen-bond acceptors (Lipinski definition) is 3. The molecule has 0 N–H and O–H groups in total. The van der Waals surface area contributed by atoms with Crippen molar-refractivity contribution in [1.82, 2.24) is 0 Å². The van der Waals surface area contributed by atoms with Gasteiger partial charge in [-0.3, -0.25) is 0 Å². The number of benzene rings is 1. The van der Waals surface area contributed by atoms with Gasteiger partial charge in [0.2, 0.25) is 0 Å². The van der Waals surface area contributed by atoms with Crippen LogP contribution in [0.3, 0.4) is 0 Å². The van der Waals surface area contributed by atoms with E-state index < -0.39 is 15.6 Å². The van der Waals surface area contributed by atoms with Gasteiger partial charge < -0.3 is 4.18 Å². The van der Waals surface area contributed by atoms with Crippen molar-refractivity contribution < 1.29 is 25.8 Å². The molecule has 21 heavy (non-hydrogen) atoms. The first-order valence-electron chi connectivity index (χ1n) is 6.51. The molecule has 0 radical (unpaired) electrons. The molecule has 1 aliphatic carbocycles. The molecule has 8 heteroatoms. The summed E-state index contributed by atoms with van der Waals surface area (Å²) in [5.74, 6) is -0.320. The zero-order chi connectivity index (χ0) is 15.7. The summed E-state index contributed by atoms with van der Waals surface area (Å²) in [5, 5.41) is 0.340. The van der Waals surface area contributed by atoms with Crippen molar-refractivity contribution in [2.24, 2.45) is 0 Å². The molecule has 3 nitrogen and oxygen atoms in total. The van der Waals surface area contributed by atoms with Gasteiger partial charge in [0.05, 0.1) is 0 Å². The first-order chi connectivity index (χ1) is 9.71. The molecule has 0 saturated heterocycles. The van der Waals surface area contributed by atoms with Gasteiger partial charge in [0.1, 0.15) is 5.75 Å². The lowest BCUT2D eigenvalue weighted by atomic mass is 9.84. The Balaban J connectivity index is 2.35. The Bertz CT molecular complexity index is 608. The van der Waals surface area contributed by atoms with Crippen molar-refractivity contribution in [2.45, 2.75) is 43.5 Å². The van der Waals surface area contributed by atoms with Crippen LogP contribution >= 0.6 is 11.6 Å². The molecule has 1 aromatic carbocycles. The highest BCUT2D eigenvalue weighted by atomic mass is 35.5. The van der Waals surface area contributed by atoms with E-state index in [1.165, 1.54) is 18.2 Å². The van der Waals surface area contributed by atoms with Crippen molar-refractivity contribution in [2.75, 3.05) is 0 Å². The summed E-state index contributed by atoms with van der Waals surface area (Å²) in [6.07, 6.45) is 4.52. The first kappa shape index (κ1) is 16.4. The van der Waals surface area contributed by atoms with Gasteiger partial charge in [-0.1, -0.05) is 30.9 Å². The topological polar surface area (TPSA) is 43.4 Å². The highest BCUT2D eigenvalue weighted by molar-refractivity contribution is 7.88. The molecule has 0 amide bonds. The third-order valence-electron chi connectivity index (χ3n) is 3.50. The number of rotatable bonds is 3. The van der Waals surface area contributed by atoms with Gasteiger partial charge in [0, 0.05) is 10.6 Å². The molecule has 0 atom stereocenters. The maximum absolute atomic E-state index is 12.4. The van der Waals surface area contributed by atoms with Crippen LogP contribution in [0.4, 0.5) is 13.2 Å². The van der Waals surface area contributed by atoms with Crippen LogP contribution in [0.25, 0.3) is 0 Å². The van der Waals surface area contributed by atoms with Crippen molar-refractivity contribution in [1.29, 1.82) is 0 Å². The van der Waals surface area contributed by atoms with E-state index in [9.17, 15) is 21.6 Å². The highest BCUT2D eigenvalue weighted by Crippen LogP contribution is 2.40. The lowest BCUT2D eigenvalue weighted by molar-refractivity contribution is -0.0500. The molecule has 0 bridgehead atoms. The highest BCUT2D eigenvalue weighted by Gasteiger charge is 2.48. The van der Waals surface area contributed by atoms with E-state index in [0.29, 0.717) is 10.6 Å². The Labute approximate surface area is 126 Å². The molecule has 0 aromatic heterocycles. The van der Waals surface area contributed by atoms with Crippen LogP contribution in [0.5, 0.6) is 5.75 Å². The third kappa shape index (κ3) is 3.83. The van der Waals surface area contributed by atoms with Crippen LogP contribution in [-0.2, 0) is 10.1 Å². The standard InChI is InChI=1S/C13H14ClF3O3S/c14-10-6-7-12(20-21(18,19)13(15,16)17)11(8-10)9-4-2-1-3-5-9/h6-9H,1-5H2. The third-order valence-corrected chi connectivity index (χ3v) is 4.70. The number of hydrogen-bond donors (Lipinski definition) is 0. The molecule has 1 fully saturated rings. The quantitative estimate of drug-likeness (QED) is 0.595. The van der Waals surface area contributed by atoms with E-state index in [1.54, 1.807) is 0 Å². The molecule has 1 aliphatic rings. The molecule has 118 valence electrons. The Kier molecular flexibility index (Phi) is 4.72. The average molecular weight is 343 g/mol. The molecule has 0 unspecified atom stereocenters. The molecule has 1 aromatic rings. The lowest BCUT2D eigenvalue weighted by Crippen LogP contribution is -2.28. The lowest BCUT2D eigenvalue weighted by Gasteiger charge is -2.24. The van der Waals surface area contributed by atoms with E-state index in [0.717, 1.165) is 32.1 Å². The first-order valence-corrected chi connectivity index (χ1v) is 8.29. The SMILES string of the molecule is O=S(=O)(Oc1ccc(Cl)cc1C1CCCCC1)C(F)(F)F. The van der Waals surface area contributed by atoms with Crippen molar-refractivity contribution in [3.63, 3.8) is 0 Å². The van der Waals surface area contributed by atoms with Gasteiger partial charge in [0.15, 0.2) is 0 Å². The van der Waals surface area contributed by atoms with Gasteiger partial charge in [-0.25, -0.2) is 0 Å². The number of halogens is 4. The summed E-state index contributed by atoms with van der Waals surface area (Å²) in [5.41, 5.74) is -5.02. The minimum Gasteiger partial charge on any atom is -0.376 e. The molecular weight excluding hydrogens is 329 g/mol. The Hall–Kier alpha value is -0.950. The second-order valence-corrected chi connectivity index (χ2v) is 6.97. The zero-order valence-electron chi connectivity index (χ0n) is 11.0. The minimum atomic E-state index is -5.67. The average Bonchev–Trinajstić information content (AvgIpc) is 2.40. The maximum atomic E-state index is 12.4. The summed E-state index contributed by atoms with van der Waals surface area (Å²) in [4.78, 5) is 0. The van der Waals surface area contributed by atoms with Crippen LogP contribution in [-0.4, -0.2) is 13.9 Å². The molecule has 0 heterocycles. The normalized spacial score (nSPS) is 17.7. The van der Waals surface area contributed by atoms with Crippen LogP contribution in [0, 0.1) is 0 Å². The maximum Gasteiger partial charge on any atom is 0.534 e. The van der Waals surface area contributed by atoms with Crippen molar-refractivity contribution in [3.05, 3.63) is 28.8 Å². The van der Waals surface area contributed by atoms with Crippen molar-refractivity contribution in [3.8, 4) is 5.75 Å². The Morgan fingerprint density at radius 1 is 1.14 bits per heavy atom. The van der Waals surface area contributed by atoms with E-state index >= 15 is 0 Å². The van der Waals surface area contributed by atoms with Crippen LogP contribution in [0.15, 0.2) is 18.2 Å². The fourth-order valence-corrected chi connectivity index (χ4v) is 3.16. The minimum absolute atomic E-state index is 0.0316. The summed E-state index contributed by atoms with van der Waals surface area (Å²) in [6.45, 7) is 0. The summed E-state index contributed by atoms with van der Waals surface area (Å²) < 4.78 is 63.9. The number of alkyl halides is 3. The van der Waals surface area contributed by atoms with Gasteiger partial charge in [-0.05, 0) is 37.0 Å². The van der Waals surface area contributed by atoms with E-state index in [2.05, 4.69) is 4.18 Å². The summed E-state index contributed by atoms with van der Waals surface area (Å²) in [6, 6.07) is 3.98. The predicted molar refractivity (Wildman–Crippen MR) is 72.9 cm³/mol. The van der Waals surface area contributed by atoms with E-state index in [4.69, 9.17) is 11.6 Å². The van der Waals surface area contributed by atoms with E-state index in [-0.39, 0.29) is 11.7 Å². The largest absolute Gasteiger partial charge is 0.534 e. The van der Waals surface area contributed by atoms with Gasteiger partial charge in [-0.2, -0.15) is 21.6 Å². The van der Waals surface area contributed by atoms with Crippen LogP contribution < -0.4 is 4.18 Å². The second-order valence-electron chi connectivity index (χ2n) is 5.00. The van der Waals surface area contributed by atoms with Crippen molar-refractivity contribution >= 4 is 21.7 Å². The molecule has 0 spiro atoms. The predicted octanol–water partition coefficient (Wildman–Crippen LogP) is 4.62. The molecule has 0 aliphatic heterocycles. The summed E-state index contributed by atoms with van der Waals surface area (Å²) >= 11 is 5.87. The van der Waals surface area contributed by atoms with Gasteiger partial charge in [-0.15, -0.1) is 0 Å². The molecule has 2 rings (SSSR count). The second kappa shape index (κ2) is 6.04. The molecular formula is C13H14ClF3O3S. The monoisotopic (exact) mass is 342 g/mol. The fourth-order valence-electron chi connectivity index (χ4n) is 2.49. The van der Waals surface area contributed by atoms with E-state index in [1.807, 2.05) is 0 Å². The smallest absolute Gasteiger partial charge is 0.376 e. The van der Waals surface area contributed by atoms with Crippen LogP contribution in [0.2, 0.25) is 5.02 Å².